The molecule has 1 saturated carbocycles. The minimum atomic E-state index is -0.486. The maximum absolute atomic E-state index is 11.5. The van der Waals surface area contributed by atoms with Crippen LogP contribution in [0.4, 0.5) is 4.79 Å². The molecule has 1 aliphatic carbocycles. The molecular formula is C15H20N2O2. The molecule has 0 radical (unpaired) electrons. The standard InChI is InChI=1S/C15H20N2O2/c18-15(19-12-13-8-4-3-5-9-13)17-16-14-10-6-1-2-7-11-14/h3-5,8-9H,1-2,6-7,10-12H2,(H,17,18). The Labute approximate surface area is 113 Å². The summed E-state index contributed by atoms with van der Waals surface area (Å²) in [5.74, 6) is 0. The van der Waals surface area contributed by atoms with Crippen molar-refractivity contribution in [2.24, 2.45) is 5.10 Å². The Morgan fingerprint density at radius 1 is 1.11 bits per heavy atom. The molecule has 2 rings (SSSR count). The van der Waals surface area contributed by atoms with Crippen molar-refractivity contribution in [1.82, 2.24) is 5.43 Å². The van der Waals surface area contributed by atoms with Gasteiger partial charge in [0.15, 0.2) is 0 Å². The zero-order valence-electron chi connectivity index (χ0n) is 11.1. The molecule has 0 atom stereocenters. The van der Waals surface area contributed by atoms with Crippen molar-refractivity contribution in [3.8, 4) is 0 Å². The summed E-state index contributed by atoms with van der Waals surface area (Å²) < 4.78 is 5.09. The van der Waals surface area contributed by atoms with Crippen LogP contribution in [-0.2, 0) is 11.3 Å². The zero-order valence-corrected chi connectivity index (χ0v) is 11.1. The first kappa shape index (κ1) is 13.6. The SMILES string of the molecule is O=C(NN=C1CCCCCC1)OCc1ccccc1. The topological polar surface area (TPSA) is 50.7 Å². The van der Waals surface area contributed by atoms with E-state index in [1.54, 1.807) is 0 Å². The quantitative estimate of drug-likeness (QED) is 0.666. The van der Waals surface area contributed by atoms with Crippen LogP contribution >= 0.6 is 0 Å². The molecule has 0 unspecified atom stereocenters. The lowest BCUT2D eigenvalue weighted by Gasteiger charge is -2.05. The Morgan fingerprint density at radius 2 is 1.79 bits per heavy atom. The number of nitrogens with one attached hydrogen (secondary N) is 1. The molecule has 102 valence electrons. The number of nitrogens with zero attached hydrogens (tertiary/aromatic N) is 1. The summed E-state index contributed by atoms with van der Waals surface area (Å²) in [5.41, 5.74) is 4.53. The third-order valence-electron chi connectivity index (χ3n) is 3.20. The Kier molecular flexibility index (Phi) is 5.41. The molecule has 19 heavy (non-hydrogen) atoms. The molecule has 1 N–H and O–H groups in total. The van der Waals surface area contributed by atoms with Crippen LogP contribution in [0, 0.1) is 0 Å². The second kappa shape index (κ2) is 7.56. The van der Waals surface area contributed by atoms with Crippen LogP contribution in [0.25, 0.3) is 0 Å². The molecule has 1 aliphatic rings. The number of hydrogen-bond acceptors (Lipinski definition) is 3. The number of rotatable bonds is 3. The Bertz CT molecular complexity index is 419. The van der Waals surface area contributed by atoms with Crippen molar-refractivity contribution in [3.05, 3.63) is 35.9 Å². The minimum absolute atomic E-state index is 0.275. The van der Waals surface area contributed by atoms with Crippen LogP contribution in [0.2, 0.25) is 0 Å². The largest absolute Gasteiger partial charge is 0.443 e. The Hall–Kier alpha value is -1.84. The monoisotopic (exact) mass is 260 g/mol. The van der Waals surface area contributed by atoms with E-state index in [-0.39, 0.29) is 6.61 Å². The molecule has 1 amide bonds. The lowest BCUT2D eigenvalue weighted by Crippen LogP contribution is -2.20. The highest BCUT2D eigenvalue weighted by Gasteiger charge is 2.07. The van der Waals surface area contributed by atoms with Crippen LogP contribution < -0.4 is 5.43 Å². The first-order chi connectivity index (χ1) is 9.34. The van der Waals surface area contributed by atoms with Crippen LogP contribution in [0.3, 0.4) is 0 Å². The average molecular weight is 260 g/mol. The Morgan fingerprint density at radius 3 is 2.47 bits per heavy atom. The molecule has 0 aromatic heterocycles. The number of hydrazone groups is 1. The summed E-state index contributed by atoms with van der Waals surface area (Å²) in [4.78, 5) is 11.5. The van der Waals surface area contributed by atoms with Crippen LogP contribution in [0.1, 0.15) is 44.1 Å². The molecule has 4 nitrogen and oxygen atoms in total. The van der Waals surface area contributed by atoms with E-state index in [1.165, 1.54) is 25.7 Å². The van der Waals surface area contributed by atoms with Crippen molar-refractivity contribution in [2.45, 2.75) is 45.1 Å². The van der Waals surface area contributed by atoms with E-state index in [9.17, 15) is 4.79 Å². The van der Waals surface area contributed by atoms with Crippen molar-refractivity contribution in [3.63, 3.8) is 0 Å². The van der Waals surface area contributed by atoms with Crippen molar-refractivity contribution in [1.29, 1.82) is 0 Å². The van der Waals surface area contributed by atoms with Crippen molar-refractivity contribution >= 4 is 11.8 Å². The summed E-state index contributed by atoms with van der Waals surface area (Å²) in [6, 6.07) is 9.61. The number of hydrogen-bond donors (Lipinski definition) is 1. The van der Waals surface area contributed by atoms with Crippen molar-refractivity contribution < 1.29 is 9.53 Å². The fraction of sp³-hybridized carbons (Fsp3) is 0.467. The minimum Gasteiger partial charge on any atom is -0.443 e. The van der Waals surface area contributed by atoms with Gasteiger partial charge in [-0.15, -0.1) is 0 Å². The fourth-order valence-electron chi connectivity index (χ4n) is 2.13. The molecule has 4 heteroatoms. The molecule has 0 bridgehead atoms. The molecule has 0 aliphatic heterocycles. The van der Waals surface area contributed by atoms with E-state index in [0.29, 0.717) is 0 Å². The van der Waals surface area contributed by atoms with Crippen LogP contribution in [0.15, 0.2) is 35.4 Å². The summed E-state index contributed by atoms with van der Waals surface area (Å²) in [7, 11) is 0. The van der Waals surface area contributed by atoms with E-state index >= 15 is 0 Å². The van der Waals surface area contributed by atoms with Gasteiger partial charge in [-0.25, -0.2) is 10.2 Å². The maximum Gasteiger partial charge on any atom is 0.428 e. The fourth-order valence-corrected chi connectivity index (χ4v) is 2.13. The lowest BCUT2D eigenvalue weighted by atomic mass is 10.2. The lowest BCUT2D eigenvalue weighted by molar-refractivity contribution is 0.140. The number of carbonyl (C=O) groups is 1. The predicted molar refractivity (Wildman–Crippen MR) is 74.9 cm³/mol. The predicted octanol–water partition coefficient (Wildman–Crippen LogP) is 3.62. The normalized spacial score (nSPS) is 15.5. The van der Waals surface area contributed by atoms with Gasteiger partial charge in [-0.05, 0) is 31.2 Å². The van der Waals surface area contributed by atoms with Crippen LogP contribution in [0.5, 0.6) is 0 Å². The summed E-state index contributed by atoms with van der Waals surface area (Å²) in [6.45, 7) is 0.275. The first-order valence-corrected chi connectivity index (χ1v) is 6.87. The zero-order chi connectivity index (χ0) is 13.3. The second-order valence-electron chi connectivity index (χ2n) is 4.77. The molecule has 0 heterocycles. The number of amides is 1. The van der Waals surface area contributed by atoms with Gasteiger partial charge in [0, 0.05) is 5.71 Å². The smallest absolute Gasteiger partial charge is 0.428 e. The van der Waals surface area contributed by atoms with Gasteiger partial charge < -0.3 is 4.74 Å². The van der Waals surface area contributed by atoms with E-state index in [4.69, 9.17) is 4.74 Å². The highest BCUT2D eigenvalue weighted by molar-refractivity contribution is 5.85. The van der Waals surface area contributed by atoms with E-state index in [2.05, 4.69) is 10.5 Å². The van der Waals surface area contributed by atoms with Gasteiger partial charge in [-0.1, -0.05) is 43.2 Å². The van der Waals surface area contributed by atoms with E-state index < -0.39 is 6.09 Å². The van der Waals surface area contributed by atoms with E-state index in [1.807, 2.05) is 30.3 Å². The molecular weight excluding hydrogens is 240 g/mol. The highest BCUT2D eigenvalue weighted by atomic mass is 16.5. The van der Waals surface area contributed by atoms with Gasteiger partial charge in [0.2, 0.25) is 0 Å². The van der Waals surface area contributed by atoms with Crippen molar-refractivity contribution in [2.75, 3.05) is 0 Å². The molecule has 1 aromatic carbocycles. The van der Waals surface area contributed by atoms with Gasteiger partial charge in [-0.3, -0.25) is 0 Å². The molecule has 1 aromatic rings. The number of ether oxygens (including phenoxy) is 1. The summed E-state index contributed by atoms with van der Waals surface area (Å²) in [5, 5.41) is 4.15. The molecule has 0 spiro atoms. The summed E-state index contributed by atoms with van der Waals surface area (Å²) >= 11 is 0. The first-order valence-electron chi connectivity index (χ1n) is 6.87. The third kappa shape index (κ3) is 5.12. The molecule has 1 fully saturated rings. The third-order valence-corrected chi connectivity index (χ3v) is 3.20. The molecule has 0 saturated heterocycles. The average Bonchev–Trinajstić information content (AvgIpc) is 2.73. The maximum atomic E-state index is 11.5. The van der Waals surface area contributed by atoms with E-state index in [0.717, 1.165) is 24.1 Å². The van der Waals surface area contributed by atoms with Gasteiger partial charge in [0.25, 0.3) is 0 Å². The number of carbonyl (C=O) groups excluding carboxylic acids is 1. The van der Waals surface area contributed by atoms with Gasteiger partial charge in [0.1, 0.15) is 6.61 Å². The van der Waals surface area contributed by atoms with Gasteiger partial charge in [0.05, 0.1) is 0 Å². The highest BCUT2D eigenvalue weighted by Crippen LogP contribution is 2.14. The van der Waals surface area contributed by atoms with Gasteiger partial charge >= 0.3 is 6.09 Å². The Balaban J connectivity index is 1.73. The van der Waals surface area contributed by atoms with Gasteiger partial charge in [-0.2, -0.15) is 5.10 Å². The van der Waals surface area contributed by atoms with Crippen LogP contribution in [-0.4, -0.2) is 11.8 Å². The summed E-state index contributed by atoms with van der Waals surface area (Å²) in [6.07, 6.45) is 6.34. The second-order valence-corrected chi connectivity index (χ2v) is 4.77. The number of benzene rings is 1.